The predicted molar refractivity (Wildman–Crippen MR) is 225 cm³/mol. The number of rotatable bonds is 11. The van der Waals surface area contributed by atoms with Crippen molar-refractivity contribution in [1.82, 2.24) is 27.6 Å². The number of alkyl halides is 3. The minimum absolute atomic E-state index is 0.0514. The van der Waals surface area contributed by atoms with Crippen molar-refractivity contribution in [3.63, 3.8) is 0 Å². The fraction of sp³-hybridized carbons (Fsp3) is 0.600. The Bertz CT molecular complexity index is 1830. The van der Waals surface area contributed by atoms with Crippen LogP contribution in [0.15, 0.2) is 36.4 Å². The van der Waals surface area contributed by atoms with E-state index in [2.05, 4.69) is 44.9 Å². The molecule has 4 amide bonds. The maximum atomic E-state index is 14.3. The molecular weight excluding hydrogens is 908 g/mol. The van der Waals surface area contributed by atoms with E-state index in [4.69, 9.17) is 26.8 Å². The van der Waals surface area contributed by atoms with Gasteiger partial charge < -0.3 is 35.2 Å². The molecule has 2 aromatic carbocycles. The monoisotopic (exact) mass is 960 g/mol. The molecule has 0 saturated carbocycles. The third-order valence-corrected chi connectivity index (χ3v) is 12.8. The lowest BCUT2D eigenvalue weighted by Crippen LogP contribution is -2.60. The number of carbonyl (C=O) groups is 4. The van der Waals surface area contributed by atoms with Gasteiger partial charge in [-0.3, -0.25) is 19.4 Å². The lowest BCUT2D eigenvalue weighted by Gasteiger charge is -2.50. The van der Waals surface area contributed by atoms with Crippen LogP contribution in [0.2, 0.25) is 5.02 Å². The number of nitrogens with zero attached hydrogens (tertiary/aromatic N) is 6. The number of likely N-dealkylation sites (N-methyl/N-ethyl adjacent to an activating group) is 1. The van der Waals surface area contributed by atoms with Gasteiger partial charge >= 0.3 is 24.3 Å². The number of piperazine rings is 1. The first-order chi connectivity index (χ1) is 28.0. The minimum Gasteiger partial charge on any atom is -0.463 e. The van der Waals surface area contributed by atoms with E-state index in [9.17, 15) is 32.3 Å². The number of nitrogen functional groups attached to an aromatic ring is 1. The SMILES string of the molecule is CN(I)CCOC(=O)CN1CCN(C2(C)CCN(C(=O)[C@@H](Cc3cc(Cl)c(N)c(C(F)(F)F)c3)OC(=O)N3CCC(N4CCc5ccccc5NC4=O)CC3)CC2)CC1. The summed E-state index contributed by atoms with van der Waals surface area (Å²) in [5, 5.41) is 2.67. The highest BCUT2D eigenvalue weighted by Gasteiger charge is 2.42. The van der Waals surface area contributed by atoms with Crippen LogP contribution < -0.4 is 11.1 Å². The van der Waals surface area contributed by atoms with Crippen molar-refractivity contribution >= 4 is 69.8 Å². The molecular formula is C40H53ClF3IN8O6. The van der Waals surface area contributed by atoms with E-state index < -0.39 is 35.5 Å². The Morgan fingerprint density at radius 3 is 2.36 bits per heavy atom. The number of likely N-dealkylation sites (tertiary alicyclic amines) is 2. The van der Waals surface area contributed by atoms with Crippen LogP contribution >= 0.6 is 34.5 Å². The van der Waals surface area contributed by atoms with Crippen LogP contribution in [0.5, 0.6) is 0 Å². The number of piperidine rings is 2. The van der Waals surface area contributed by atoms with E-state index in [0.717, 1.165) is 30.4 Å². The fourth-order valence-electron chi connectivity index (χ4n) is 8.40. The van der Waals surface area contributed by atoms with Crippen molar-refractivity contribution in [1.29, 1.82) is 0 Å². The highest BCUT2D eigenvalue weighted by Crippen LogP contribution is 2.38. The molecule has 19 heteroatoms. The Balaban J connectivity index is 1.08. The Morgan fingerprint density at radius 1 is 1.02 bits per heavy atom. The third-order valence-electron chi connectivity index (χ3n) is 12.0. The normalized spacial score (nSPS) is 20.1. The van der Waals surface area contributed by atoms with Crippen molar-refractivity contribution in [2.75, 3.05) is 96.7 Å². The molecule has 4 aliphatic heterocycles. The van der Waals surface area contributed by atoms with Crippen molar-refractivity contribution in [2.24, 2.45) is 0 Å². The molecule has 59 heavy (non-hydrogen) atoms. The maximum absolute atomic E-state index is 14.3. The number of fused-ring (bicyclic) bond motifs is 1. The van der Waals surface area contributed by atoms with Crippen LogP contribution in [0.4, 0.5) is 34.1 Å². The van der Waals surface area contributed by atoms with Gasteiger partial charge in [-0.15, -0.1) is 0 Å². The first-order valence-electron chi connectivity index (χ1n) is 20.1. The van der Waals surface area contributed by atoms with Crippen LogP contribution in [0, 0.1) is 0 Å². The number of para-hydroxylation sites is 1. The van der Waals surface area contributed by atoms with Gasteiger partial charge in [-0.2, -0.15) is 13.2 Å². The van der Waals surface area contributed by atoms with Gasteiger partial charge in [0, 0.05) is 112 Å². The Labute approximate surface area is 361 Å². The van der Waals surface area contributed by atoms with Gasteiger partial charge in [-0.05, 0) is 75.4 Å². The van der Waals surface area contributed by atoms with Crippen LogP contribution in [0.3, 0.4) is 0 Å². The summed E-state index contributed by atoms with van der Waals surface area (Å²) in [6.07, 6.45) is -4.41. The number of hydrogen-bond donors (Lipinski definition) is 2. The van der Waals surface area contributed by atoms with Gasteiger partial charge in [-0.25, -0.2) is 12.7 Å². The minimum atomic E-state index is -4.80. The molecule has 14 nitrogen and oxygen atoms in total. The van der Waals surface area contributed by atoms with Crippen LogP contribution in [-0.4, -0.2) is 155 Å². The number of amides is 4. The summed E-state index contributed by atoms with van der Waals surface area (Å²) in [5.41, 5.74) is 5.59. The lowest BCUT2D eigenvalue weighted by molar-refractivity contribution is -0.146. The van der Waals surface area contributed by atoms with Gasteiger partial charge in [0.1, 0.15) is 6.61 Å². The van der Waals surface area contributed by atoms with Crippen molar-refractivity contribution in [3.05, 3.63) is 58.1 Å². The molecule has 324 valence electrons. The molecule has 0 aromatic heterocycles. The smallest absolute Gasteiger partial charge is 0.418 e. The summed E-state index contributed by atoms with van der Waals surface area (Å²) in [6.45, 7) is 7.98. The number of nitrogens with one attached hydrogen (secondary N) is 1. The molecule has 0 radical (unpaired) electrons. The van der Waals surface area contributed by atoms with Crippen molar-refractivity contribution in [3.8, 4) is 0 Å². The second-order valence-electron chi connectivity index (χ2n) is 16.0. The number of benzene rings is 2. The Kier molecular flexibility index (Phi) is 14.8. The molecule has 0 aliphatic carbocycles. The molecule has 1 atom stereocenters. The zero-order valence-electron chi connectivity index (χ0n) is 33.4. The van der Waals surface area contributed by atoms with Crippen molar-refractivity contribution in [2.45, 2.75) is 69.3 Å². The van der Waals surface area contributed by atoms with Crippen molar-refractivity contribution < 1.29 is 41.8 Å². The van der Waals surface area contributed by atoms with Gasteiger partial charge in [-0.1, -0.05) is 29.8 Å². The number of carbonyl (C=O) groups excluding carboxylic acids is 4. The fourth-order valence-corrected chi connectivity index (χ4v) is 8.84. The zero-order chi connectivity index (χ0) is 42.5. The molecule has 3 saturated heterocycles. The Morgan fingerprint density at radius 2 is 1.69 bits per heavy atom. The van der Waals surface area contributed by atoms with E-state index in [1.807, 2.05) is 34.4 Å². The molecule has 3 fully saturated rings. The number of urea groups is 1. The van der Waals surface area contributed by atoms with Crippen LogP contribution in [0.1, 0.15) is 49.3 Å². The van der Waals surface area contributed by atoms with E-state index >= 15 is 0 Å². The largest absolute Gasteiger partial charge is 0.463 e. The molecule has 3 N–H and O–H groups in total. The average molecular weight is 961 g/mol. The summed E-state index contributed by atoms with van der Waals surface area (Å²) < 4.78 is 55.0. The van der Waals surface area contributed by atoms with Gasteiger partial charge in [0.2, 0.25) is 0 Å². The van der Waals surface area contributed by atoms with E-state index in [1.54, 1.807) is 9.80 Å². The van der Waals surface area contributed by atoms with Gasteiger partial charge in [0.15, 0.2) is 6.10 Å². The maximum Gasteiger partial charge on any atom is 0.418 e. The summed E-state index contributed by atoms with van der Waals surface area (Å²) in [7, 11) is 1.90. The molecule has 4 aliphatic rings. The van der Waals surface area contributed by atoms with Crippen LogP contribution in [-0.2, 0) is 38.1 Å². The molecule has 6 rings (SSSR count). The quantitative estimate of drug-likeness (QED) is 0.131. The highest BCUT2D eigenvalue weighted by atomic mass is 127. The summed E-state index contributed by atoms with van der Waals surface area (Å²) in [4.78, 5) is 62.8. The lowest BCUT2D eigenvalue weighted by atomic mass is 9.86. The number of esters is 1. The van der Waals surface area contributed by atoms with E-state index in [-0.39, 0.29) is 60.2 Å². The standard InChI is InChI=1S/C40H53ClF3IN8O6/c1-39(52-19-17-49(18-20-52)26-34(54)58-22-21-48(2)45)10-15-50(16-11-39)36(55)33(25-27-23-30(40(42,43)44)35(46)31(41)24-27)59-38(57)51-12-8-29(9-13-51)53-14-7-28-5-3-4-6-32(28)47-37(53)56/h3-6,23-24,29,33H,7-22,25-26,46H2,1-2H3,(H,47,56)/t33-/m1/s1. The number of anilines is 2. The first kappa shape index (κ1) is 44.9. The average Bonchev–Trinajstić information content (AvgIpc) is 3.36. The molecule has 4 heterocycles. The molecule has 2 aromatic rings. The summed E-state index contributed by atoms with van der Waals surface area (Å²) in [6, 6.07) is 9.46. The van der Waals surface area contributed by atoms with Gasteiger partial charge in [0.25, 0.3) is 5.91 Å². The second kappa shape index (κ2) is 19.4. The predicted octanol–water partition coefficient (Wildman–Crippen LogP) is 5.37. The summed E-state index contributed by atoms with van der Waals surface area (Å²) >= 11 is 8.29. The number of nitrogens with two attached hydrogens (primary N) is 1. The summed E-state index contributed by atoms with van der Waals surface area (Å²) in [5.74, 6) is -0.756. The molecule has 0 bridgehead atoms. The molecule has 0 unspecified atom stereocenters. The third kappa shape index (κ3) is 11.4. The Hall–Kier alpha value is -3.59. The second-order valence-corrected chi connectivity index (χ2v) is 18.1. The zero-order valence-corrected chi connectivity index (χ0v) is 36.4. The molecule has 0 spiro atoms. The van der Waals surface area contributed by atoms with Gasteiger partial charge in [0.05, 0.1) is 22.8 Å². The topological polar surface area (TPSA) is 144 Å². The van der Waals surface area contributed by atoms with E-state index in [1.165, 1.54) is 11.0 Å². The highest BCUT2D eigenvalue weighted by molar-refractivity contribution is 14.1. The van der Waals surface area contributed by atoms with Crippen LogP contribution in [0.25, 0.3) is 0 Å². The van der Waals surface area contributed by atoms with E-state index in [0.29, 0.717) is 78.0 Å². The number of halogens is 5. The first-order valence-corrected chi connectivity index (χ1v) is 21.4. The number of hydrogen-bond acceptors (Lipinski definition) is 10. The number of ether oxygens (including phenoxy) is 2.